The highest BCUT2D eigenvalue weighted by molar-refractivity contribution is 9.10. The molecule has 0 aliphatic carbocycles. The number of hydrogen-bond acceptors (Lipinski definition) is 4. The third-order valence-electron chi connectivity index (χ3n) is 2.56. The van der Waals surface area contributed by atoms with Gasteiger partial charge in [0.05, 0.1) is 6.04 Å². The van der Waals surface area contributed by atoms with E-state index in [2.05, 4.69) is 49.2 Å². The van der Waals surface area contributed by atoms with Crippen molar-refractivity contribution in [2.45, 2.75) is 19.9 Å². The molecule has 90 valence electrons. The molecule has 1 unspecified atom stereocenters. The second kappa shape index (κ2) is 5.27. The van der Waals surface area contributed by atoms with E-state index in [1.165, 1.54) is 0 Å². The fourth-order valence-electron chi connectivity index (χ4n) is 1.90. The number of nitrogens with two attached hydrogens (primary N) is 1. The highest BCUT2D eigenvalue weighted by atomic mass is 79.9. The molecule has 3 nitrogen and oxygen atoms in total. The molecular weight excluding hydrogens is 298 g/mol. The lowest BCUT2D eigenvalue weighted by Gasteiger charge is -2.17. The Bertz CT molecular complexity index is 504. The summed E-state index contributed by atoms with van der Waals surface area (Å²) in [7, 11) is 0. The topological polar surface area (TPSA) is 50.9 Å². The number of halogens is 1. The molecule has 2 heterocycles. The molecular formula is C12H14BrN3S. The smallest absolute Gasteiger partial charge is 0.0730 e. The summed E-state index contributed by atoms with van der Waals surface area (Å²) in [5.74, 6) is 5.68. The maximum Gasteiger partial charge on any atom is 0.0730 e. The van der Waals surface area contributed by atoms with Gasteiger partial charge >= 0.3 is 0 Å². The van der Waals surface area contributed by atoms with Crippen LogP contribution in [-0.4, -0.2) is 4.98 Å². The average Bonchev–Trinajstić information content (AvgIpc) is 2.65. The molecule has 0 aliphatic rings. The van der Waals surface area contributed by atoms with Crippen LogP contribution in [-0.2, 0) is 0 Å². The van der Waals surface area contributed by atoms with E-state index in [1.54, 1.807) is 11.3 Å². The Morgan fingerprint density at radius 3 is 2.41 bits per heavy atom. The summed E-state index contributed by atoms with van der Waals surface area (Å²) in [6.07, 6.45) is 0. The van der Waals surface area contributed by atoms with Crippen LogP contribution in [0.5, 0.6) is 0 Å². The summed E-state index contributed by atoms with van der Waals surface area (Å²) in [5, 5.41) is 4.15. The van der Waals surface area contributed by atoms with Crippen molar-refractivity contribution < 1.29 is 0 Å². The van der Waals surface area contributed by atoms with Crippen LogP contribution < -0.4 is 11.3 Å². The van der Waals surface area contributed by atoms with Gasteiger partial charge in [-0.3, -0.25) is 10.8 Å². The normalized spacial score (nSPS) is 12.7. The van der Waals surface area contributed by atoms with Crippen LogP contribution in [0.25, 0.3) is 0 Å². The van der Waals surface area contributed by atoms with Crippen LogP contribution in [0.1, 0.15) is 28.6 Å². The summed E-state index contributed by atoms with van der Waals surface area (Å²) in [5.41, 5.74) is 7.17. The van der Waals surface area contributed by atoms with Crippen LogP contribution in [0.4, 0.5) is 0 Å². The van der Waals surface area contributed by atoms with Gasteiger partial charge in [0.25, 0.3) is 0 Å². The maximum absolute atomic E-state index is 5.68. The molecule has 0 spiro atoms. The number of rotatable bonds is 3. The van der Waals surface area contributed by atoms with Crippen LogP contribution in [0.15, 0.2) is 27.4 Å². The van der Waals surface area contributed by atoms with Gasteiger partial charge in [0.2, 0.25) is 0 Å². The molecule has 0 aromatic carbocycles. The second-order valence-electron chi connectivity index (χ2n) is 3.96. The second-order valence-corrected chi connectivity index (χ2v) is 5.56. The zero-order valence-electron chi connectivity index (χ0n) is 9.70. The largest absolute Gasteiger partial charge is 0.271 e. The molecule has 3 N–H and O–H groups in total. The number of thiophene rings is 1. The van der Waals surface area contributed by atoms with E-state index in [4.69, 9.17) is 5.84 Å². The SMILES string of the molecule is Cc1cc(C(NN)c2cscc2Br)cc(C)n1. The quantitative estimate of drug-likeness (QED) is 0.676. The number of pyridine rings is 1. The summed E-state index contributed by atoms with van der Waals surface area (Å²) in [4.78, 5) is 4.38. The van der Waals surface area contributed by atoms with Crippen molar-refractivity contribution in [3.8, 4) is 0 Å². The Morgan fingerprint density at radius 1 is 1.29 bits per heavy atom. The van der Waals surface area contributed by atoms with Gasteiger partial charge < -0.3 is 0 Å². The molecule has 2 aromatic rings. The van der Waals surface area contributed by atoms with Crippen molar-refractivity contribution >= 4 is 27.3 Å². The Kier molecular flexibility index (Phi) is 3.93. The molecule has 0 saturated heterocycles. The lowest BCUT2D eigenvalue weighted by molar-refractivity contribution is 0.634. The van der Waals surface area contributed by atoms with Gasteiger partial charge in [-0.2, -0.15) is 11.3 Å². The zero-order valence-corrected chi connectivity index (χ0v) is 12.1. The van der Waals surface area contributed by atoms with Gasteiger partial charge in [0, 0.05) is 21.2 Å². The van der Waals surface area contributed by atoms with E-state index < -0.39 is 0 Å². The highest BCUT2D eigenvalue weighted by Gasteiger charge is 2.16. The van der Waals surface area contributed by atoms with Crippen LogP contribution in [0.3, 0.4) is 0 Å². The number of hydrogen-bond donors (Lipinski definition) is 2. The van der Waals surface area contributed by atoms with E-state index in [0.717, 1.165) is 27.0 Å². The zero-order chi connectivity index (χ0) is 12.4. The number of nitrogens with one attached hydrogen (secondary N) is 1. The first-order valence-corrected chi connectivity index (χ1v) is 6.98. The van der Waals surface area contributed by atoms with Crippen molar-refractivity contribution in [1.29, 1.82) is 0 Å². The molecule has 2 rings (SSSR count). The van der Waals surface area contributed by atoms with Gasteiger partial charge in [-0.1, -0.05) is 0 Å². The number of nitrogens with zero attached hydrogens (tertiary/aromatic N) is 1. The Morgan fingerprint density at radius 2 is 1.94 bits per heavy atom. The summed E-state index contributed by atoms with van der Waals surface area (Å²) < 4.78 is 1.08. The van der Waals surface area contributed by atoms with Gasteiger partial charge in [0.1, 0.15) is 0 Å². The van der Waals surface area contributed by atoms with Gasteiger partial charge in [-0.05, 0) is 58.4 Å². The lowest BCUT2D eigenvalue weighted by atomic mass is 10.0. The first-order valence-electron chi connectivity index (χ1n) is 5.24. The molecule has 0 bridgehead atoms. The van der Waals surface area contributed by atoms with E-state index >= 15 is 0 Å². The van der Waals surface area contributed by atoms with Crippen molar-refractivity contribution in [2.75, 3.05) is 0 Å². The highest BCUT2D eigenvalue weighted by Crippen LogP contribution is 2.31. The molecule has 2 aromatic heterocycles. The van der Waals surface area contributed by atoms with Crippen molar-refractivity contribution in [3.63, 3.8) is 0 Å². The molecule has 17 heavy (non-hydrogen) atoms. The number of aromatic nitrogens is 1. The Labute approximate surface area is 113 Å². The molecule has 1 atom stereocenters. The monoisotopic (exact) mass is 311 g/mol. The summed E-state index contributed by atoms with van der Waals surface area (Å²) >= 11 is 5.20. The fourth-order valence-corrected chi connectivity index (χ4v) is 3.45. The van der Waals surface area contributed by atoms with Crippen molar-refractivity contribution in [3.05, 3.63) is 49.9 Å². The summed E-state index contributed by atoms with van der Waals surface area (Å²) in [6, 6.07) is 4.11. The first-order chi connectivity index (χ1) is 8.11. The third-order valence-corrected chi connectivity index (χ3v) is 4.31. The average molecular weight is 312 g/mol. The predicted octanol–water partition coefficient (Wildman–Crippen LogP) is 3.08. The number of hydrazine groups is 1. The predicted molar refractivity (Wildman–Crippen MR) is 74.9 cm³/mol. The van der Waals surface area contributed by atoms with Gasteiger partial charge in [0.15, 0.2) is 0 Å². The fraction of sp³-hybridized carbons (Fsp3) is 0.250. The van der Waals surface area contributed by atoms with E-state index in [1.807, 2.05) is 13.8 Å². The first kappa shape index (κ1) is 12.7. The maximum atomic E-state index is 5.68. The van der Waals surface area contributed by atoms with Gasteiger partial charge in [-0.15, -0.1) is 0 Å². The van der Waals surface area contributed by atoms with Crippen molar-refractivity contribution in [2.24, 2.45) is 5.84 Å². The number of aryl methyl sites for hydroxylation is 2. The van der Waals surface area contributed by atoms with Crippen LogP contribution in [0.2, 0.25) is 0 Å². The minimum Gasteiger partial charge on any atom is -0.271 e. The minimum atomic E-state index is -0.00368. The molecule has 5 heteroatoms. The molecule has 0 fully saturated rings. The van der Waals surface area contributed by atoms with Crippen molar-refractivity contribution in [1.82, 2.24) is 10.4 Å². The third kappa shape index (κ3) is 2.74. The minimum absolute atomic E-state index is 0.00368. The Hall–Kier alpha value is -0.750. The molecule has 0 radical (unpaired) electrons. The van der Waals surface area contributed by atoms with E-state index in [0.29, 0.717) is 0 Å². The van der Waals surface area contributed by atoms with E-state index in [9.17, 15) is 0 Å². The standard InChI is InChI=1S/C12H14BrN3S/c1-7-3-9(4-8(2)15-7)12(16-14)10-5-17-6-11(10)13/h3-6,12,16H,14H2,1-2H3. The Balaban J connectivity index is 2.45. The summed E-state index contributed by atoms with van der Waals surface area (Å²) in [6.45, 7) is 3.99. The molecule has 0 amide bonds. The van der Waals surface area contributed by atoms with E-state index in [-0.39, 0.29) is 6.04 Å². The van der Waals surface area contributed by atoms with Crippen LogP contribution in [0, 0.1) is 13.8 Å². The van der Waals surface area contributed by atoms with Gasteiger partial charge in [-0.25, -0.2) is 5.43 Å². The molecule has 0 saturated carbocycles. The van der Waals surface area contributed by atoms with Crippen LogP contribution >= 0.6 is 27.3 Å². The lowest BCUT2D eigenvalue weighted by Crippen LogP contribution is -2.29. The molecule has 0 aliphatic heterocycles.